The number of rotatable bonds is 5. The molecule has 8 heteroatoms. The molecular formula is C21H24N6O2. The average Bonchev–Trinajstić information content (AvgIpc) is 3.15. The lowest BCUT2D eigenvalue weighted by Gasteiger charge is -2.28. The molecular weight excluding hydrogens is 368 g/mol. The van der Waals surface area contributed by atoms with E-state index in [1.807, 2.05) is 43.3 Å². The van der Waals surface area contributed by atoms with Gasteiger partial charge in [-0.1, -0.05) is 30.3 Å². The number of hydrogen-bond donors (Lipinski definition) is 1. The van der Waals surface area contributed by atoms with E-state index < -0.39 is 0 Å². The van der Waals surface area contributed by atoms with Gasteiger partial charge in [0.15, 0.2) is 0 Å². The van der Waals surface area contributed by atoms with Gasteiger partial charge in [0.2, 0.25) is 0 Å². The van der Waals surface area contributed by atoms with Crippen molar-refractivity contribution in [2.45, 2.75) is 13.5 Å². The Morgan fingerprint density at radius 1 is 1.14 bits per heavy atom. The third kappa shape index (κ3) is 4.43. The average molecular weight is 392 g/mol. The van der Waals surface area contributed by atoms with Gasteiger partial charge in [-0.15, -0.1) is 0 Å². The number of carbonyl (C=O) groups is 1. The topological polar surface area (TPSA) is 85.2 Å². The maximum atomic E-state index is 12.7. The molecule has 1 N–H and O–H groups in total. The maximum Gasteiger partial charge on any atom is 0.269 e. The molecule has 3 aromatic rings. The number of nitrogens with one attached hydrogen (secondary N) is 1. The molecule has 29 heavy (non-hydrogen) atoms. The monoisotopic (exact) mass is 392 g/mol. The van der Waals surface area contributed by atoms with E-state index in [2.05, 4.69) is 25.3 Å². The summed E-state index contributed by atoms with van der Waals surface area (Å²) in [4.78, 5) is 24.0. The van der Waals surface area contributed by atoms with Gasteiger partial charge < -0.3 is 15.0 Å². The minimum atomic E-state index is -0.208. The molecule has 0 aliphatic carbocycles. The minimum absolute atomic E-state index is 0.208. The number of morpholine rings is 1. The van der Waals surface area contributed by atoms with Gasteiger partial charge in [-0.2, -0.15) is 5.10 Å². The van der Waals surface area contributed by atoms with Crippen LogP contribution < -0.4 is 10.2 Å². The molecule has 4 rings (SSSR count). The predicted octanol–water partition coefficient (Wildman–Crippen LogP) is 1.95. The van der Waals surface area contributed by atoms with Crippen molar-refractivity contribution < 1.29 is 9.53 Å². The van der Waals surface area contributed by atoms with Crippen molar-refractivity contribution in [3.05, 3.63) is 59.7 Å². The highest BCUT2D eigenvalue weighted by atomic mass is 16.5. The highest BCUT2D eigenvalue weighted by Gasteiger charge is 2.17. The molecule has 0 bridgehead atoms. The summed E-state index contributed by atoms with van der Waals surface area (Å²) in [5.41, 5.74) is 3.10. The molecule has 1 aromatic carbocycles. The van der Waals surface area contributed by atoms with Crippen LogP contribution in [-0.4, -0.2) is 52.0 Å². The van der Waals surface area contributed by atoms with Gasteiger partial charge >= 0.3 is 0 Å². The lowest BCUT2D eigenvalue weighted by atomic mass is 10.1. The van der Waals surface area contributed by atoms with Crippen LogP contribution in [0.5, 0.6) is 0 Å². The largest absolute Gasteiger partial charge is 0.378 e. The van der Waals surface area contributed by atoms with Crippen LogP contribution in [0.4, 0.5) is 5.82 Å². The predicted molar refractivity (Wildman–Crippen MR) is 110 cm³/mol. The van der Waals surface area contributed by atoms with Crippen LogP contribution in [0.3, 0.4) is 0 Å². The Morgan fingerprint density at radius 2 is 1.90 bits per heavy atom. The summed E-state index contributed by atoms with van der Waals surface area (Å²) >= 11 is 0. The molecule has 0 unspecified atom stereocenters. The first-order valence-electron chi connectivity index (χ1n) is 9.65. The summed E-state index contributed by atoms with van der Waals surface area (Å²) < 4.78 is 7.00. The van der Waals surface area contributed by atoms with Crippen LogP contribution in [0.1, 0.15) is 22.0 Å². The van der Waals surface area contributed by atoms with Crippen molar-refractivity contribution >= 4 is 11.7 Å². The zero-order chi connectivity index (χ0) is 20.2. The second kappa shape index (κ2) is 8.40. The zero-order valence-electron chi connectivity index (χ0n) is 16.6. The van der Waals surface area contributed by atoms with Crippen LogP contribution in [-0.2, 0) is 18.3 Å². The first-order chi connectivity index (χ1) is 14.1. The lowest BCUT2D eigenvalue weighted by Crippen LogP contribution is -2.37. The Labute approximate surface area is 169 Å². The summed E-state index contributed by atoms with van der Waals surface area (Å²) in [6.07, 6.45) is 0. The zero-order valence-corrected chi connectivity index (χ0v) is 16.6. The second-order valence-electron chi connectivity index (χ2n) is 6.97. The van der Waals surface area contributed by atoms with E-state index in [0.717, 1.165) is 35.9 Å². The fraction of sp³-hybridized carbons (Fsp3) is 0.333. The summed E-state index contributed by atoms with van der Waals surface area (Å²) in [6.45, 7) is 5.19. The van der Waals surface area contributed by atoms with Crippen LogP contribution in [0.2, 0.25) is 0 Å². The number of amides is 1. The number of aryl methyl sites for hydroxylation is 2. The van der Waals surface area contributed by atoms with Crippen LogP contribution in [0.25, 0.3) is 11.3 Å². The van der Waals surface area contributed by atoms with Crippen LogP contribution in [0, 0.1) is 6.92 Å². The first kappa shape index (κ1) is 19.1. The quantitative estimate of drug-likeness (QED) is 0.714. The Morgan fingerprint density at radius 3 is 2.66 bits per heavy atom. The number of benzene rings is 1. The van der Waals surface area contributed by atoms with E-state index in [1.54, 1.807) is 17.8 Å². The third-order valence-corrected chi connectivity index (χ3v) is 4.81. The number of hydrogen-bond acceptors (Lipinski definition) is 6. The number of carbonyl (C=O) groups excluding carboxylic acids is 1. The highest BCUT2D eigenvalue weighted by Crippen LogP contribution is 2.18. The first-order valence-corrected chi connectivity index (χ1v) is 9.65. The minimum Gasteiger partial charge on any atom is -0.378 e. The Balaban J connectivity index is 1.46. The molecule has 150 valence electrons. The van der Waals surface area contributed by atoms with E-state index in [9.17, 15) is 4.79 Å². The Kier molecular flexibility index (Phi) is 5.53. The summed E-state index contributed by atoms with van der Waals surface area (Å²) in [7, 11) is 1.76. The lowest BCUT2D eigenvalue weighted by molar-refractivity contribution is 0.0940. The van der Waals surface area contributed by atoms with Gasteiger partial charge in [0.1, 0.15) is 17.3 Å². The molecule has 2 aromatic heterocycles. The van der Waals surface area contributed by atoms with Crippen molar-refractivity contribution in [2.24, 2.45) is 7.05 Å². The van der Waals surface area contributed by atoms with Gasteiger partial charge in [-0.3, -0.25) is 9.48 Å². The summed E-state index contributed by atoms with van der Waals surface area (Å²) in [5, 5.41) is 7.36. The molecule has 1 amide bonds. The maximum absolute atomic E-state index is 12.7. The number of nitrogens with zero attached hydrogens (tertiary/aromatic N) is 5. The van der Waals surface area contributed by atoms with Gasteiger partial charge in [0, 0.05) is 37.5 Å². The molecule has 0 atom stereocenters. The molecule has 1 saturated heterocycles. The normalized spacial score (nSPS) is 14.1. The van der Waals surface area contributed by atoms with Crippen molar-refractivity contribution in [2.75, 3.05) is 31.2 Å². The van der Waals surface area contributed by atoms with E-state index in [1.165, 1.54) is 0 Å². The standard InChI is InChI=1S/C21H24N6O2/c1-15-12-20(27-8-10-29-11-9-27)24-19(23-15)14-22-21(28)18-13-17(25-26(18)2)16-6-4-3-5-7-16/h3-7,12-13H,8-11,14H2,1-2H3,(H,22,28). The molecule has 1 aliphatic heterocycles. The van der Waals surface area contributed by atoms with Gasteiger partial charge in [0.05, 0.1) is 25.5 Å². The Bertz CT molecular complexity index is 996. The molecule has 1 aliphatic rings. The smallest absolute Gasteiger partial charge is 0.269 e. The third-order valence-electron chi connectivity index (χ3n) is 4.81. The fourth-order valence-corrected chi connectivity index (χ4v) is 3.33. The molecule has 8 nitrogen and oxygen atoms in total. The number of ether oxygens (including phenoxy) is 1. The van der Waals surface area contributed by atoms with Crippen molar-refractivity contribution in [3.63, 3.8) is 0 Å². The van der Waals surface area contributed by atoms with Crippen molar-refractivity contribution in [1.82, 2.24) is 25.1 Å². The fourth-order valence-electron chi connectivity index (χ4n) is 3.33. The SMILES string of the molecule is Cc1cc(N2CCOCC2)nc(CNC(=O)c2cc(-c3ccccc3)nn2C)n1. The molecule has 0 spiro atoms. The summed E-state index contributed by atoms with van der Waals surface area (Å²) in [5.74, 6) is 1.25. The van der Waals surface area contributed by atoms with E-state index in [4.69, 9.17) is 4.74 Å². The van der Waals surface area contributed by atoms with Gasteiger partial charge in [0.25, 0.3) is 5.91 Å². The van der Waals surface area contributed by atoms with E-state index in [0.29, 0.717) is 24.7 Å². The number of anilines is 1. The molecule has 0 radical (unpaired) electrons. The molecule has 3 heterocycles. The van der Waals surface area contributed by atoms with Crippen LogP contribution >= 0.6 is 0 Å². The van der Waals surface area contributed by atoms with E-state index >= 15 is 0 Å². The van der Waals surface area contributed by atoms with Crippen LogP contribution in [0.15, 0.2) is 42.5 Å². The van der Waals surface area contributed by atoms with Crippen molar-refractivity contribution in [1.29, 1.82) is 0 Å². The molecule has 1 fully saturated rings. The van der Waals surface area contributed by atoms with Gasteiger partial charge in [-0.25, -0.2) is 9.97 Å². The second-order valence-corrected chi connectivity index (χ2v) is 6.97. The van der Waals surface area contributed by atoms with Crippen molar-refractivity contribution in [3.8, 4) is 11.3 Å². The summed E-state index contributed by atoms with van der Waals surface area (Å²) in [6, 6.07) is 13.5. The number of aromatic nitrogens is 4. The highest BCUT2D eigenvalue weighted by molar-refractivity contribution is 5.93. The Hall–Kier alpha value is -3.26. The molecule has 0 saturated carbocycles. The van der Waals surface area contributed by atoms with Gasteiger partial charge in [-0.05, 0) is 13.0 Å². The van der Waals surface area contributed by atoms with E-state index in [-0.39, 0.29) is 12.5 Å².